The number of piperazine rings is 1. The lowest BCUT2D eigenvalue weighted by Gasteiger charge is -2.34. The van der Waals surface area contributed by atoms with Crippen LogP contribution in [0.2, 0.25) is 0 Å². The molecule has 4 rings (SSSR count). The summed E-state index contributed by atoms with van der Waals surface area (Å²) in [4.78, 5) is 45.6. The Kier molecular flexibility index (Phi) is 6.91. The largest absolute Gasteiger partial charge is 0.495 e. The van der Waals surface area contributed by atoms with Crippen molar-refractivity contribution in [1.29, 1.82) is 0 Å². The number of primary amides is 1. The van der Waals surface area contributed by atoms with Gasteiger partial charge in [-0.25, -0.2) is 0 Å². The second-order valence-corrected chi connectivity index (χ2v) is 7.89. The number of hydrogen-bond acceptors (Lipinski definition) is 6. The molecular formula is C25H26N4O5. The molecule has 0 unspecified atom stereocenters. The monoisotopic (exact) mass is 462 g/mol. The molecule has 2 heterocycles. The van der Waals surface area contributed by atoms with Crippen molar-refractivity contribution in [3.8, 4) is 11.5 Å². The maximum Gasteiger partial charge on any atom is 0.260 e. The molecule has 3 amide bonds. The average Bonchev–Trinajstić information content (AvgIpc) is 2.86. The zero-order valence-corrected chi connectivity index (χ0v) is 18.9. The van der Waals surface area contributed by atoms with Gasteiger partial charge < -0.3 is 25.0 Å². The van der Waals surface area contributed by atoms with E-state index in [1.807, 2.05) is 30.3 Å². The Morgan fingerprint density at radius 2 is 1.53 bits per heavy atom. The molecule has 1 saturated heterocycles. The van der Waals surface area contributed by atoms with Gasteiger partial charge in [-0.05, 0) is 24.3 Å². The summed E-state index contributed by atoms with van der Waals surface area (Å²) in [6.07, 6.45) is -0.0927. The number of ether oxygens (including phenoxy) is 2. The van der Waals surface area contributed by atoms with Crippen LogP contribution in [0.25, 0.3) is 10.9 Å². The van der Waals surface area contributed by atoms with E-state index in [1.54, 1.807) is 34.1 Å². The highest BCUT2D eigenvalue weighted by molar-refractivity contribution is 6.03. The topological polar surface area (TPSA) is 115 Å². The maximum atomic E-state index is 13.0. The van der Waals surface area contributed by atoms with E-state index in [4.69, 9.17) is 15.2 Å². The smallest absolute Gasteiger partial charge is 0.260 e. The van der Waals surface area contributed by atoms with Crippen LogP contribution in [0.3, 0.4) is 0 Å². The van der Waals surface area contributed by atoms with Crippen LogP contribution in [0, 0.1) is 0 Å². The Morgan fingerprint density at radius 1 is 0.912 bits per heavy atom. The predicted octanol–water partition coefficient (Wildman–Crippen LogP) is 1.63. The molecule has 176 valence electrons. The van der Waals surface area contributed by atoms with E-state index in [2.05, 4.69) is 4.98 Å². The molecule has 1 aliphatic heterocycles. The summed E-state index contributed by atoms with van der Waals surface area (Å²) in [5.41, 5.74) is 6.62. The number of para-hydroxylation sites is 2. The van der Waals surface area contributed by atoms with Crippen molar-refractivity contribution in [1.82, 2.24) is 14.8 Å². The lowest BCUT2D eigenvalue weighted by molar-refractivity contribution is -0.140. The van der Waals surface area contributed by atoms with E-state index < -0.39 is 5.91 Å². The van der Waals surface area contributed by atoms with Crippen LogP contribution in [-0.2, 0) is 16.0 Å². The quantitative estimate of drug-likeness (QED) is 0.571. The summed E-state index contributed by atoms with van der Waals surface area (Å²) in [5, 5.41) is 0.653. The number of nitrogens with zero attached hydrogens (tertiary/aromatic N) is 3. The maximum absolute atomic E-state index is 13.0. The Hall–Kier alpha value is -4.14. The van der Waals surface area contributed by atoms with E-state index in [0.29, 0.717) is 48.6 Å². The Bertz CT molecular complexity index is 1210. The minimum absolute atomic E-state index is 0.0548. The van der Waals surface area contributed by atoms with Crippen molar-refractivity contribution in [2.75, 3.05) is 39.9 Å². The normalized spacial score (nSPS) is 13.6. The SMILES string of the molecule is COc1c(C(N)=O)c(CC(=O)N2CCN(C(=O)COc3ccccc3)CC2)nc2ccccc12. The van der Waals surface area contributed by atoms with Gasteiger partial charge in [-0.15, -0.1) is 0 Å². The molecule has 9 heteroatoms. The van der Waals surface area contributed by atoms with Gasteiger partial charge in [0.1, 0.15) is 17.1 Å². The zero-order chi connectivity index (χ0) is 24.1. The van der Waals surface area contributed by atoms with E-state index >= 15 is 0 Å². The molecule has 0 radical (unpaired) electrons. The lowest BCUT2D eigenvalue weighted by atomic mass is 10.0. The van der Waals surface area contributed by atoms with Gasteiger partial charge in [0.05, 0.1) is 24.7 Å². The molecule has 2 aromatic carbocycles. The number of fused-ring (bicyclic) bond motifs is 1. The third-order valence-electron chi connectivity index (χ3n) is 5.78. The van der Waals surface area contributed by atoms with Gasteiger partial charge in [0.25, 0.3) is 11.8 Å². The van der Waals surface area contributed by atoms with Crippen LogP contribution in [0.4, 0.5) is 0 Å². The zero-order valence-electron chi connectivity index (χ0n) is 18.9. The fraction of sp³-hybridized carbons (Fsp3) is 0.280. The molecule has 0 atom stereocenters. The summed E-state index contributed by atoms with van der Waals surface area (Å²) >= 11 is 0. The molecule has 2 N–H and O–H groups in total. The molecule has 1 aromatic heterocycles. The number of carbonyl (C=O) groups excluding carboxylic acids is 3. The number of nitrogens with two attached hydrogens (primary N) is 1. The Labute approximate surface area is 197 Å². The first-order valence-electron chi connectivity index (χ1n) is 11.0. The van der Waals surface area contributed by atoms with E-state index in [9.17, 15) is 14.4 Å². The van der Waals surface area contributed by atoms with Crippen LogP contribution in [0.5, 0.6) is 11.5 Å². The standard InChI is InChI=1S/C25H26N4O5/c1-33-24-18-9-5-6-10-19(18)27-20(23(24)25(26)32)15-21(30)28-11-13-29(14-12-28)22(31)16-34-17-7-3-2-4-8-17/h2-10H,11-16H2,1H3,(H2,26,32). The number of aromatic nitrogens is 1. The number of methoxy groups -OCH3 is 1. The number of carbonyl (C=O) groups is 3. The fourth-order valence-electron chi connectivity index (χ4n) is 4.04. The second kappa shape index (κ2) is 10.2. The average molecular weight is 463 g/mol. The van der Waals surface area contributed by atoms with Gasteiger partial charge in [0.2, 0.25) is 5.91 Å². The van der Waals surface area contributed by atoms with Crippen molar-refractivity contribution >= 4 is 28.6 Å². The molecule has 3 aromatic rings. The molecule has 1 fully saturated rings. The number of pyridine rings is 1. The van der Waals surface area contributed by atoms with Crippen molar-refractivity contribution in [3.63, 3.8) is 0 Å². The van der Waals surface area contributed by atoms with Crippen molar-refractivity contribution < 1.29 is 23.9 Å². The number of rotatable bonds is 7. The highest BCUT2D eigenvalue weighted by Crippen LogP contribution is 2.31. The Morgan fingerprint density at radius 3 is 2.18 bits per heavy atom. The summed E-state index contributed by atoms with van der Waals surface area (Å²) in [7, 11) is 1.46. The third kappa shape index (κ3) is 4.93. The molecular weight excluding hydrogens is 436 g/mol. The van der Waals surface area contributed by atoms with E-state index in [1.165, 1.54) is 7.11 Å². The predicted molar refractivity (Wildman–Crippen MR) is 126 cm³/mol. The van der Waals surface area contributed by atoms with Crippen LogP contribution < -0.4 is 15.2 Å². The van der Waals surface area contributed by atoms with Gasteiger partial charge in [0, 0.05) is 31.6 Å². The van der Waals surface area contributed by atoms with Gasteiger partial charge in [-0.2, -0.15) is 0 Å². The Balaban J connectivity index is 1.41. The van der Waals surface area contributed by atoms with Crippen molar-refractivity contribution in [2.45, 2.75) is 6.42 Å². The van der Waals surface area contributed by atoms with E-state index in [-0.39, 0.29) is 36.1 Å². The molecule has 0 aliphatic carbocycles. The highest BCUT2D eigenvalue weighted by Gasteiger charge is 2.27. The van der Waals surface area contributed by atoms with Crippen LogP contribution in [0.1, 0.15) is 16.1 Å². The number of hydrogen-bond donors (Lipinski definition) is 1. The van der Waals surface area contributed by atoms with Crippen molar-refractivity contribution in [2.24, 2.45) is 5.73 Å². The minimum atomic E-state index is -0.702. The number of benzene rings is 2. The molecule has 0 spiro atoms. The summed E-state index contributed by atoms with van der Waals surface area (Å²) in [6.45, 7) is 1.51. The highest BCUT2D eigenvalue weighted by atomic mass is 16.5. The third-order valence-corrected chi connectivity index (χ3v) is 5.78. The van der Waals surface area contributed by atoms with Gasteiger partial charge in [0.15, 0.2) is 6.61 Å². The van der Waals surface area contributed by atoms with Crippen molar-refractivity contribution in [3.05, 3.63) is 65.9 Å². The molecule has 0 saturated carbocycles. The summed E-state index contributed by atoms with van der Waals surface area (Å²) in [5.74, 6) is -0.0810. The van der Waals surface area contributed by atoms with Gasteiger partial charge in [-0.3, -0.25) is 19.4 Å². The first kappa shape index (κ1) is 23.0. The lowest BCUT2D eigenvalue weighted by Crippen LogP contribution is -2.52. The first-order valence-corrected chi connectivity index (χ1v) is 11.0. The first-order chi connectivity index (χ1) is 16.5. The van der Waals surface area contributed by atoms with E-state index in [0.717, 1.165) is 0 Å². The number of amides is 3. The summed E-state index contributed by atoms with van der Waals surface area (Å²) in [6, 6.07) is 16.4. The second-order valence-electron chi connectivity index (χ2n) is 7.89. The molecule has 9 nitrogen and oxygen atoms in total. The molecule has 1 aliphatic rings. The molecule has 34 heavy (non-hydrogen) atoms. The van der Waals surface area contributed by atoms with Crippen LogP contribution in [-0.4, -0.2) is 72.4 Å². The van der Waals surface area contributed by atoms with Crippen LogP contribution in [0.15, 0.2) is 54.6 Å². The summed E-state index contributed by atoms with van der Waals surface area (Å²) < 4.78 is 11.0. The van der Waals surface area contributed by atoms with Crippen LogP contribution >= 0.6 is 0 Å². The molecule has 0 bridgehead atoms. The van der Waals surface area contributed by atoms with Gasteiger partial charge >= 0.3 is 0 Å². The minimum Gasteiger partial charge on any atom is -0.495 e. The fourth-order valence-corrected chi connectivity index (χ4v) is 4.04. The van der Waals surface area contributed by atoms with Gasteiger partial charge in [-0.1, -0.05) is 30.3 Å².